The van der Waals surface area contributed by atoms with Crippen LogP contribution in [0.4, 0.5) is 18.3 Å². The van der Waals surface area contributed by atoms with E-state index in [0.717, 1.165) is 18.4 Å². The first-order valence-electron chi connectivity index (χ1n) is 5.81. The minimum Gasteiger partial charge on any atom is -0.360 e. The Balaban J connectivity index is 2.05. The Bertz CT molecular complexity index is 741. The van der Waals surface area contributed by atoms with Gasteiger partial charge in [0.05, 0.1) is 22.0 Å². The van der Waals surface area contributed by atoms with Crippen LogP contribution in [0.15, 0.2) is 18.2 Å². The van der Waals surface area contributed by atoms with E-state index in [1.807, 2.05) is 0 Å². The number of rotatable bonds is 5. The van der Waals surface area contributed by atoms with Gasteiger partial charge in [-0.05, 0) is 18.2 Å². The third kappa shape index (κ3) is 4.55. The first kappa shape index (κ1) is 16.0. The number of benzene rings is 1. The average molecular weight is 339 g/mol. The molecule has 0 fully saturated rings. The molecule has 2 rings (SSSR count). The second-order valence-electron chi connectivity index (χ2n) is 4.29. The molecular formula is C11H12F3N3O2S2. The minimum atomic E-state index is -4.40. The van der Waals surface area contributed by atoms with Crippen LogP contribution in [0.25, 0.3) is 10.2 Å². The second kappa shape index (κ2) is 5.78. The fourth-order valence-electron chi connectivity index (χ4n) is 1.59. The van der Waals surface area contributed by atoms with Crippen LogP contribution >= 0.6 is 11.3 Å². The van der Waals surface area contributed by atoms with Crippen molar-refractivity contribution in [3.8, 4) is 0 Å². The Morgan fingerprint density at radius 1 is 1.29 bits per heavy atom. The molecule has 1 heterocycles. The molecule has 1 aromatic heterocycles. The summed E-state index contributed by atoms with van der Waals surface area (Å²) in [4.78, 5) is 4.05. The number of nitrogens with one attached hydrogen (secondary N) is 2. The fraction of sp³-hybridized carbons (Fsp3) is 0.364. The topological polar surface area (TPSA) is 71.1 Å². The summed E-state index contributed by atoms with van der Waals surface area (Å²) < 4.78 is 62.4. The summed E-state index contributed by atoms with van der Waals surface area (Å²) in [5, 5.41) is 3.31. The molecule has 0 atom stereocenters. The smallest absolute Gasteiger partial charge is 0.360 e. The van der Waals surface area contributed by atoms with Crippen LogP contribution in [0.2, 0.25) is 0 Å². The van der Waals surface area contributed by atoms with Crippen molar-refractivity contribution in [3.05, 3.63) is 23.8 Å². The summed E-state index contributed by atoms with van der Waals surface area (Å²) in [5.41, 5.74) is -0.487. The van der Waals surface area contributed by atoms with Gasteiger partial charge in [0.2, 0.25) is 10.0 Å². The fourth-order valence-corrected chi connectivity index (χ4v) is 2.93. The zero-order valence-electron chi connectivity index (χ0n) is 10.9. The lowest BCUT2D eigenvalue weighted by molar-refractivity contribution is -0.137. The highest BCUT2D eigenvalue weighted by atomic mass is 32.2. The van der Waals surface area contributed by atoms with Crippen molar-refractivity contribution in [1.29, 1.82) is 0 Å². The number of alkyl halides is 3. The molecule has 0 aliphatic carbocycles. The van der Waals surface area contributed by atoms with Crippen LogP contribution in [-0.2, 0) is 16.2 Å². The van der Waals surface area contributed by atoms with Crippen molar-refractivity contribution in [2.75, 3.05) is 24.7 Å². The van der Waals surface area contributed by atoms with Gasteiger partial charge in [0.15, 0.2) is 5.13 Å². The second-order valence-corrected chi connectivity index (χ2v) is 7.16. The number of hydrogen-bond donors (Lipinski definition) is 2. The maximum Gasteiger partial charge on any atom is 0.416 e. The average Bonchev–Trinajstić information content (AvgIpc) is 2.74. The zero-order chi connectivity index (χ0) is 15.7. The predicted molar refractivity (Wildman–Crippen MR) is 76.0 cm³/mol. The number of thiazole rings is 1. The van der Waals surface area contributed by atoms with Gasteiger partial charge < -0.3 is 5.32 Å². The minimum absolute atomic E-state index is 0.169. The van der Waals surface area contributed by atoms with E-state index in [2.05, 4.69) is 15.0 Å². The van der Waals surface area contributed by atoms with Crippen molar-refractivity contribution in [3.63, 3.8) is 0 Å². The van der Waals surface area contributed by atoms with Gasteiger partial charge in [-0.15, -0.1) is 0 Å². The van der Waals surface area contributed by atoms with Crippen molar-refractivity contribution < 1.29 is 21.6 Å². The van der Waals surface area contributed by atoms with Gasteiger partial charge in [0.25, 0.3) is 0 Å². The number of fused-ring (bicyclic) bond motifs is 1. The summed E-state index contributed by atoms with van der Waals surface area (Å²) in [7, 11) is -3.26. The van der Waals surface area contributed by atoms with E-state index in [1.165, 1.54) is 17.4 Å². The predicted octanol–water partition coefficient (Wildman–Crippen LogP) is 2.28. The highest BCUT2D eigenvalue weighted by Gasteiger charge is 2.30. The third-order valence-corrected chi connectivity index (χ3v) is 4.20. The molecule has 0 saturated heterocycles. The highest BCUT2D eigenvalue weighted by molar-refractivity contribution is 7.88. The molecule has 0 amide bonds. The molecule has 10 heteroatoms. The van der Waals surface area contributed by atoms with Crippen LogP contribution in [0.1, 0.15) is 5.56 Å². The van der Waals surface area contributed by atoms with Crippen molar-refractivity contribution >= 4 is 36.7 Å². The first-order chi connectivity index (χ1) is 9.65. The van der Waals surface area contributed by atoms with Gasteiger partial charge in [0.1, 0.15) is 0 Å². The third-order valence-electron chi connectivity index (χ3n) is 2.48. The van der Waals surface area contributed by atoms with Crippen LogP contribution < -0.4 is 10.0 Å². The van der Waals surface area contributed by atoms with E-state index in [1.54, 1.807) is 0 Å². The molecule has 0 saturated carbocycles. The molecule has 1 aromatic carbocycles. The molecule has 2 N–H and O–H groups in total. The van der Waals surface area contributed by atoms with E-state index < -0.39 is 21.8 Å². The van der Waals surface area contributed by atoms with Gasteiger partial charge in [-0.1, -0.05) is 11.3 Å². The normalized spacial score (nSPS) is 12.8. The molecule has 0 aliphatic rings. The maximum atomic E-state index is 12.6. The van der Waals surface area contributed by atoms with Crippen LogP contribution in [0.3, 0.4) is 0 Å². The van der Waals surface area contributed by atoms with Gasteiger partial charge in [-0.2, -0.15) is 13.2 Å². The van der Waals surface area contributed by atoms with Crippen LogP contribution in [0.5, 0.6) is 0 Å². The van der Waals surface area contributed by atoms with E-state index in [-0.39, 0.29) is 12.1 Å². The largest absolute Gasteiger partial charge is 0.416 e. The Hall–Kier alpha value is -1.39. The molecule has 21 heavy (non-hydrogen) atoms. The highest BCUT2D eigenvalue weighted by Crippen LogP contribution is 2.33. The lowest BCUT2D eigenvalue weighted by Crippen LogP contribution is -2.27. The lowest BCUT2D eigenvalue weighted by Gasteiger charge is -2.04. The summed E-state index contributed by atoms with van der Waals surface area (Å²) in [6.45, 7) is 0.460. The molecule has 0 aliphatic heterocycles. The van der Waals surface area contributed by atoms with E-state index in [9.17, 15) is 21.6 Å². The molecular weight excluding hydrogens is 327 g/mol. The van der Waals surface area contributed by atoms with Crippen LogP contribution in [0, 0.1) is 0 Å². The number of nitrogens with zero attached hydrogens (tertiary/aromatic N) is 1. The van der Waals surface area contributed by atoms with Crippen molar-refractivity contribution in [2.24, 2.45) is 0 Å². The summed E-state index contributed by atoms with van der Waals surface area (Å²) in [6, 6.07) is 3.37. The number of aromatic nitrogens is 1. The number of hydrogen-bond acceptors (Lipinski definition) is 5. The zero-order valence-corrected chi connectivity index (χ0v) is 12.5. The standard InChI is InChI=1S/C11H12F3N3O2S2/c1-21(18,19)16-5-4-15-10-17-8-6-7(11(12,13)14)2-3-9(8)20-10/h2-3,6,16H,4-5H2,1H3,(H,15,17). The van der Waals surface area contributed by atoms with Gasteiger partial charge in [0, 0.05) is 13.1 Å². The van der Waals surface area contributed by atoms with E-state index in [0.29, 0.717) is 16.4 Å². The molecule has 0 radical (unpaired) electrons. The van der Waals surface area contributed by atoms with Gasteiger partial charge in [-0.3, -0.25) is 0 Å². The number of anilines is 1. The van der Waals surface area contributed by atoms with Crippen molar-refractivity contribution in [2.45, 2.75) is 6.18 Å². The van der Waals surface area contributed by atoms with Gasteiger partial charge >= 0.3 is 6.18 Å². The Morgan fingerprint density at radius 3 is 2.62 bits per heavy atom. The Morgan fingerprint density at radius 2 is 2.00 bits per heavy atom. The van der Waals surface area contributed by atoms with E-state index >= 15 is 0 Å². The molecule has 0 bridgehead atoms. The molecule has 2 aromatic rings. The SMILES string of the molecule is CS(=O)(=O)NCCNc1nc2cc(C(F)(F)F)ccc2s1. The number of sulfonamides is 1. The Labute approximate surface area is 123 Å². The van der Waals surface area contributed by atoms with Crippen molar-refractivity contribution in [1.82, 2.24) is 9.71 Å². The van der Waals surface area contributed by atoms with Crippen LogP contribution in [-0.4, -0.2) is 32.7 Å². The maximum absolute atomic E-state index is 12.6. The molecule has 0 unspecified atom stereocenters. The number of halogens is 3. The monoisotopic (exact) mass is 339 g/mol. The molecule has 0 spiro atoms. The first-order valence-corrected chi connectivity index (χ1v) is 8.52. The molecule has 116 valence electrons. The summed E-state index contributed by atoms with van der Waals surface area (Å²) >= 11 is 1.21. The van der Waals surface area contributed by atoms with Gasteiger partial charge in [-0.25, -0.2) is 18.1 Å². The van der Waals surface area contributed by atoms with E-state index in [4.69, 9.17) is 0 Å². The summed E-state index contributed by atoms with van der Waals surface area (Å²) in [5.74, 6) is 0. The molecule has 5 nitrogen and oxygen atoms in total. The lowest BCUT2D eigenvalue weighted by atomic mass is 10.2. The quantitative estimate of drug-likeness (QED) is 0.820. The Kier molecular flexibility index (Phi) is 4.40. The summed E-state index contributed by atoms with van der Waals surface area (Å²) in [6.07, 6.45) is -3.35.